The van der Waals surface area contributed by atoms with E-state index in [9.17, 15) is 25.3 Å². The number of carbonyl (C=O) groups excluding carboxylic acids is 1. The standard InChI is InChI=1S/C45H85N3O13/c1-17-33-45(12,52)38(50)28(6)35(46-53)26(4)24-43(10,54-15)39(61-42-36(49)32(47(13)14)23-27(5)57-42)29(7)37(30(8)41(51)59-33)60-34-25-44(11,55-16)40(31(9)58-34)56-22-20-21-48(18-2)19-3/h26-34,36-40,42,49-50,52-53H,17-25H2,1-16H3/b46-35-/t26-,27-,28+,29+,30-,31+,32+,33-,34+,36-,37+,38-,39-,40+,42+,43-,44-,45-/m1/s1. The molecular formula is C45H85N3O13. The van der Waals surface area contributed by atoms with E-state index in [1.165, 1.54) is 6.92 Å². The maximum Gasteiger partial charge on any atom is 0.311 e. The van der Waals surface area contributed by atoms with Crippen molar-refractivity contribution < 1.29 is 63.2 Å². The molecule has 3 aliphatic heterocycles. The van der Waals surface area contributed by atoms with Crippen molar-refractivity contribution in [2.75, 3.05) is 54.6 Å². The highest BCUT2D eigenvalue weighted by Gasteiger charge is 2.54. The van der Waals surface area contributed by atoms with Gasteiger partial charge in [0.15, 0.2) is 12.6 Å². The number of esters is 1. The maximum absolute atomic E-state index is 14.5. The Morgan fingerprint density at radius 1 is 0.869 bits per heavy atom. The molecule has 0 radical (unpaired) electrons. The number of hydrogen-bond donors (Lipinski definition) is 4. The van der Waals surface area contributed by atoms with Gasteiger partial charge in [-0.15, -0.1) is 0 Å². The molecule has 16 heteroatoms. The van der Waals surface area contributed by atoms with Gasteiger partial charge in [0.05, 0.1) is 53.4 Å². The highest BCUT2D eigenvalue weighted by atomic mass is 16.7. The van der Waals surface area contributed by atoms with Crippen LogP contribution in [0.1, 0.15) is 115 Å². The fraction of sp³-hybridized carbons (Fsp3) is 0.956. The Morgan fingerprint density at radius 3 is 2.02 bits per heavy atom. The van der Waals surface area contributed by atoms with Gasteiger partial charge in [-0.25, -0.2) is 0 Å². The first kappa shape index (κ1) is 53.8. The normalized spacial score (nSPS) is 44.3. The molecule has 0 aromatic carbocycles. The molecule has 0 unspecified atom stereocenters. The fourth-order valence-corrected chi connectivity index (χ4v) is 10.1. The summed E-state index contributed by atoms with van der Waals surface area (Å²) in [6, 6.07) is -0.276. The molecule has 3 fully saturated rings. The molecule has 16 nitrogen and oxygen atoms in total. The zero-order valence-corrected chi connectivity index (χ0v) is 40.3. The lowest BCUT2D eigenvalue weighted by Gasteiger charge is -2.50. The minimum absolute atomic E-state index is 0.179. The largest absolute Gasteiger partial charge is 0.459 e. The van der Waals surface area contributed by atoms with Crippen LogP contribution in [0.15, 0.2) is 5.16 Å². The van der Waals surface area contributed by atoms with Gasteiger partial charge < -0.3 is 68.2 Å². The van der Waals surface area contributed by atoms with Gasteiger partial charge in [-0.2, -0.15) is 0 Å². The van der Waals surface area contributed by atoms with Gasteiger partial charge >= 0.3 is 5.97 Å². The van der Waals surface area contributed by atoms with Crippen molar-refractivity contribution in [2.45, 2.75) is 199 Å². The highest BCUT2D eigenvalue weighted by Crippen LogP contribution is 2.42. The number of ether oxygens (including phenoxy) is 8. The van der Waals surface area contributed by atoms with Crippen LogP contribution in [-0.2, 0) is 42.7 Å². The molecule has 0 bridgehead atoms. The third-order valence-electron chi connectivity index (χ3n) is 14.2. The van der Waals surface area contributed by atoms with E-state index in [4.69, 9.17) is 37.9 Å². The van der Waals surface area contributed by atoms with Crippen LogP contribution < -0.4 is 0 Å². The number of hydrogen-bond acceptors (Lipinski definition) is 16. The SMILES string of the molecule is CC[C@H]1OC(=O)[C@H](C)[C@@H](O[C@H]2C[C@@](C)(OC)[C@@H](OCCCN(CC)CC)[C@H](C)O2)[C@H](C)[C@@H](O[C@@H]2O[C@H](C)C[C@H](N(C)C)[C@H]2O)[C@](C)(OC)C[C@@H](C)/C(=N/O)[C@H](C)[C@@H](O)[C@]1(C)O. The Labute approximate surface area is 366 Å². The van der Waals surface area contributed by atoms with Crippen molar-refractivity contribution in [3.05, 3.63) is 0 Å². The lowest BCUT2D eigenvalue weighted by atomic mass is 9.73. The second kappa shape index (κ2) is 23.1. The van der Waals surface area contributed by atoms with Crippen LogP contribution in [0, 0.1) is 23.7 Å². The third-order valence-corrected chi connectivity index (χ3v) is 14.2. The summed E-state index contributed by atoms with van der Waals surface area (Å²) in [5.41, 5.74) is -3.76. The van der Waals surface area contributed by atoms with Crippen LogP contribution in [0.5, 0.6) is 0 Å². The summed E-state index contributed by atoms with van der Waals surface area (Å²) in [7, 11) is 7.00. The van der Waals surface area contributed by atoms with E-state index in [0.29, 0.717) is 13.0 Å². The van der Waals surface area contributed by atoms with Crippen molar-refractivity contribution in [1.29, 1.82) is 0 Å². The molecule has 0 spiro atoms. The first-order valence-corrected chi connectivity index (χ1v) is 22.7. The summed E-state index contributed by atoms with van der Waals surface area (Å²) in [4.78, 5) is 18.8. The van der Waals surface area contributed by atoms with Crippen molar-refractivity contribution in [3.8, 4) is 0 Å². The lowest BCUT2D eigenvalue weighted by molar-refractivity contribution is -0.322. The Morgan fingerprint density at radius 2 is 1.48 bits per heavy atom. The first-order valence-electron chi connectivity index (χ1n) is 22.7. The molecular weight excluding hydrogens is 791 g/mol. The van der Waals surface area contributed by atoms with Gasteiger partial charge in [0.25, 0.3) is 0 Å². The van der Waals surface area contributed by atoms with Gasteiger partial charge in [-0.1, -0.05) is 46.7 Å². The van der Waals surface area contributed by atoms with E-state index in [0.717, 1.165) is 26.1 Å². The van der Waals surface area contributed by atoms with Crippen molar-refractivity contribution >= 4 is 11.7 Å². The molecule has 3 heterocycles. The predicted octanol–water partition coefficient (Wildman–Crippen LogP) is 4.46. The third kappa shape index (κ3) is 12.6. The minimum Gasteiger partial charge on any atom is -0.459 e. The van der Waals surface area contributed by atoms with E-state index in [2.05, 4.69) is 23.9 Å². The molecule has 0 aliphatic carbocycles. The Hall–Kier alpha value is -1.54. The Kier molecular flexibility index (Phi) is 20.3. The molecule has 0 aromatic heterocycles. The van der Waals surface area contributed by atoms with Crippen molar-refractivity contribution in [1.82, 2.24) is 9.80 Å². The molecule has 358 valence electrons. The van der Waals surface area contributed by atoms with Crippen LogP contribution in [0.3, 0.4) is 0 Å². The van der Waals surface area contributed by atoms with E-state index in [1.807, 2.05) is 60.5 Å². The monoisotopic (exact) mass is 876 g/mol. The second-order valence-corrected chi connectivity index (χ2v) is 19.0. The molecule has 0 saturated carbocycles. The molecule has 3 aliphatic rings. The number of cyclic esters (lactones) is 1. The Balaban J connectivity index is 2.17. The maximum atomic E-state index is 14.5. The number of likely N-dealkylation sites (N-methyl/N-ethyl adjacent to an activating group) is 1. The molecule has 0 amide bonds. The van der Waals surface area contributed by atoms with Crippen molar-refractivity contribution in [2.24, 2.45) is 28.8 Å². The summed E-state index contributed by atoms with van der Waals surface area (Å²) in [6.45, 7) is 25.7. The van der Waals surface area contributed by atoms with Gasteiger partial charge in [-0.3, -0.25) is 4.79 Å². The predicted molar refractivity (Wildman–Crippen MR) is 231 cm³/mol. The number of oxime groups is 1. The smallest absolute Gasteiger partial charge is 0.311 e. The number of aliphatic hydroxyl groups excluding tert-OH is 2. The summed E-state index contributed by atoms with van der Waals surface area (Å²) in [6.07, 6.45) is -6.60. The second-order valence-electron chi connectivity index (χ2n) is 19.0. The number of nitrogens with zero attached hydrogens (tertiary/aromatic N) is 3. The van der Waals surface area contributed by atoms with Gasteiger partial charge in [0, 0.05) is 57.6 Å². The summed E-state index contributed by atoms with van der Waals surface area (Å²) in [5.74, 6) is -3.74. The van der Waals surface area contributed by atoms with Gasteiger partial charge in [0.1, 0.15) is 23.9 Å². The quantitative estimate of drug-likeness (QED) is 0.0781. The van der Waals surface area contributed by atoms with Crippen LogP contribution in [0.25, 0.3) is 0 Å². The topological polar surface area (TPSA) is 191 Å². The van der Waals surface area contributed by atoms with E-state index < -0.39 is 102 Å². The fourth-order valence-electron chi connectivity index (χ4n) is 10.1. The van der Waals surface area contributed by atoms with Crippen LogP contribution in [0.4, 0.5) is 0 Å². The molecule has 61 heavy (non-hydrogen) atoms. The highest BCUT2D eigenvalue weighted by molar-refractivity contribution is 5.88. The van der Waals surface area contributed by atoms with Crippen molar-refractivity contribution in [3.63, 3.8) is 0 Å². The average molecular weight is 876 g/mol. The molecule has 0 aromatic rings. The van der Waals surface area contributed by atoms with Gasteiger partial charge in [-0.05, 0) is 94.4 Å². The first-order chi connectivity index (χ1) is 28.5. The van der Waals surface area contributed by atoms with Crippen LogP contribution in [-0.4, -0.2) is 181 Å². The van der Waals surface area contributed by atoms with E-state index in [1.54, 1.807) is 35.0 Å². The summed E-state index contributed by atoms with van der Waals surface area (Å²) < 4.78 is 52.0. The zero-order chi connectivity index (χ0) is 46.2. The van der Waals surface area contributed by atoms with Gasteiger partial charge in [0.2, 0.25) is 0 Å². The van der Waals surface area contributed by atoms with E-state index in [-0.39, 0.29) is 37.1 Å². The molecule has 4 N–H and O–H groups in total. The number of methoxy groups -OCH3 is 2. The Bertz CT molecular complexity index is 1370. The number of carbonyl (C=O) groups is 1. The minimum atomic E-state index is -1.93. The van der Waals surface area contributed by atoms with Crippen LogP contribution in [0.2, 0.25) is 0 Å². The number of rotatable bonds is 15. The molecule has 3 saturated heterocycles. The van der Waals surface area contributed by atoms with Crippen LogP contribution >= 0.6 is 0 Å². The number of aliphatic hydroxyl groups is 3. The summed E-state index contributed by atoms with van der Waals surface area (Å²) >= 11 is 0. The average Bonchev–Trinajstić information content (AvgIpc) is 3.21. The zero-order valence-electron chi connectivity index (χ0n) is 40.3. The molecule has 18 atom stereocenters. The molecule has 3 rings (SSSR count). The summed E-state index contributed by atoms with van der Waals surface area (Å²) in [5, 5.41) is 49.5. The van der Waals surface area contributed by atoms with E-state index >= 15 is 0 Å². The lowest BCUT2D eigenvalue weighted by Crippen LogP contribution is -2.61.